The third-order valence-corrected chi connectivity index (χ3v) is 7.92. The van der Waals surface area contributed by atoms with Gasteiger partial charge in [-0.25, -0.2) is 0 Å². The van der Waals surface area contributed by atoms with Crippen molar-refractivity contribution < 1.29 is 0 Å². The maximum Gasteiger partial charge on any atom is -0.00204 e. The molecule has 7 aromatic rings. The zero-order valence-electron chi connectivity index (χ0n) is 22.1. The Morgan fingerprint density at radius 1 is 0.395 bits per heavy atom. The largest absolute Gasteiger partial charge is 0.0616 e. The van der Waals surface area contributed by atoms with Crippen LogP contribution in [-0.4, -0.2) is 0 Å². The van der Waals surface area contributed by atoms with Crippen LogP contribution < -0.4 is 0 Å². The second kappa shape index (κ2) is 8.57. The molecule has 0 saturated carbocycles. The topological polar surface area (TPSA) is 0 Å². The summed E-state index contributed by atoms with van der Waals surface area (Å²) in [5.74, 6) is 0. The molecule has 0 N–H and O–H groups in total. The Kier molecular flexibility index (Phi) is 5.13. The van der Waals surface area contributed by atoms with E-state index in [4.69, 9.17) is 0 Å². The van der Waals surface area contributed by atoms with E-state index in [2.05, 4.69) is 148 Å². The van der Waals surface area contributed by atoms with E-state index in [9.17, 15) is 0 Å². The smallest absolute Gasteiger partial charge is 0.00204 e. The lowest BCUT2D eigenvalue weighted by Crippen LogP contribution is -2.13. The highest BCUT2D eigenvalue weighted by Gasteiger charge is 2.24. The van der Waals surface area contributed by atoms with Gasteiger partial charge in [-0.1, -0.05) is 136 Å². The highest BCUT2D eigenvalue weighted by atomic mass is 14.3. The molecule has 0 atom stereocenters. The quantitative estimate of drug-likeness (QED) is 0.213. The van der Waals surface area contributed by atoms with Crippen molar-refractivity contribution in [2.75, 3.05) is 0 Å². The second-order valence-corrected chi connectivity index (χ2v) is 11.4. The first kappa shape index (κ1) is 22.8. The molecule has 7 aromatic carbocycles. The summed E-state index contributed by atoms with van der Waals surface area (Å²) < 4.78 is 0. The molecule has 0 unspecified atom stereocenters. The SMILES string of the molecule is CC(C)(C)c1c2ccccc2c(-c2cccc3ccccc23)c2ccc(-c3ccc4ccccc4c3)cc12. The van der Waals surface area contributed by atoms with Crippen molar-refractivity contribution in [1.29, 1.82) is 0 Å². The van der Waals surface area contributed by atoms with Gasteiger partial charge in [0.2, 0.25) is 0 Å². The van der Waals surface area contributed by atoms with Crippen molar-refractivity contribution in [2.24, 2.45) is 0 Å². The molecular weight excluding hydrogens is 456 g/mol. The van der Waals surface area contributed by atoms with Crippen LogP contribution in [0.1, 0.15) is 26.3 Å². The molecule has 0 spiro atoms. The Balaban J connectivity index is 1.61. The molecule has 0 amide bonds. The number of fused-ring (bicyclic) bond motifs is 4. The van der Waals surface area contributed by atoms with Crippen LogP contribution in [0.3, 0.4) is 0 Å². The van der Waals surface area contributed by atoms with Gasteiger partial charge in [0.15, 0.2) is 0 Å². The minimum atomic E-state index is -0.0167. The summed E-state index contributed by atoms with van der Waals surface area (Å²) in [4.78, 5) is 0. The Bertz CT molecular complexity index is 1990. The van der Waals surface area contributed by atoms with Gasteiger partial charge in [-0.3, -0.25) is 0 Å². The third-order valence-electron chi connectivity index (χ3n) is 7.92. The van der Waals surface area contributed by atoms with E-state index in [-0.39, 0.29) is 5.41 Å². The van der Waals surface area contributed by atoms with Crippen LogP contribution in [0.25, 0.3) is 65.3 Å². The van der Waals surface area contributed by atoms with Crippen LogP contribution >= 0.6 is 0 Å². The maximum absolute atomic E-state index is 2.43. The predicted octanol–water partition coefficient (Wildman–Crippen LogP) is 10.9. The van der Waals surface area contributed by atoms with Crippen molar-refractivity contribution in [3.8, 4) is 22.3 Å². The standard InChI is InChI=1S/C38H30/c1-38(2,3)37-34-17-9-8-16-32(34)36(31-18-10-14-26-12-6-7-15-30(26)31)33-22-21-29(24-35(33)37)28-20-19-25-11-4-5-13-27(25)23-28/h4-24H,1-3H3. The van der Waals surface area contributed by atoms with E-state index >= 15 is 0 Å². The molecule has 0 radical (unpaired) electrons. The summed E-state index contributed by atoms with van der Waals surface area (Å²) in [5.41, 5.74) is 6.53. The molecule has 7 rings (SSSR count). The average molecular weight is 487 g/mol. The van der Waals surface area contributed by atoms with Gasteiger partial charge in [-0.2, -0.15) is 0 Å². The summed E-state index contributed by atoms with van der Waals surface area (Å²) in [6.45, 7) is 7.03. The lowest BCUT2D eigenvalue weighted by atomic mass is 9.77. The molecule has 0 aromatic heterocycles. The van der Waals surface area contributed by atoms with E-state index in [1.165, 1.54) is 70.9 Å². The Hall–Kier alpha value is -4.42. The van der Waals surface area contributed by atoms with Crippen LogP contribution in [0.4, 0.5) is 0 Å². The molecule has 0 nitrogen and oxygen atoms in total. The van der Waals surface area contributed by atoms with E-state index in [0.29, 0.717) is 0 Å². The summed E-state index contributed by atoms with van der Waals surface area (Å²) in [5, 5.41) is 10.4. The van der Waals surface area contributed by atoms with Crippen molar-refractivity contribution in [1.82, 2.24) is 0 Å². The first-order valence-corrected chi connectivity index (χ1v) is 13.5. The lowest BCUT2D eigenvalue weighted by molar-refractivity contribution is 0.601. The predicted molar refractivity (Wildman–Crippen MR) is 166 cm³/mol. The average Bonchev–Trinajstić information content (AvgIpc) is 2.94. The number of hydrogen-bond acceptors (Lipinski definition) is 0. The fourth-order valence-electron chi connectivity index (χ4n) is 6.27. The molecule has 0 aliphatic heterocycles. The van der Waals surface area contributed by atoms with Gasteiger partial charge in [0.05, 0.1) is 0 Å². The first-order valence-electron chi connectivity index (χ1n) is 13.5. The number of hydrogen-bond donors (Lipinski definition) is 0. The van der Waals surface area contributed by atoms with Gasteiger partial charge in [0.25, 0.3) is 0 Å². The fourth-order valence-corrected chi connectivity index (χ4v) is 6.27. The Morgan fingerprint density at radius 2 is 0.974 bits per heavy atom. The van der Waals surface area contributed by atoms with E-state index < -0.39 is 0 Å². The highest BCUT2D eigenvalue weighted by molar-refractivity contribution is 6.19. The van der Waals surface area contributed by atoms with Crippen molar-refractivity contribution in [3.05, 3.63) is 133 Å². The number of rotatable bonds is 2. The number of benzene rings is 7. The van der Waals surface area contributed by atoms with E-state index in [0.717, 1.165) is 0 Å². The Morgan fingerprint density at radius 3 is 1.76 bits per heavy atom. The van der Waals surface area contributed by atoms with Crippen LogP contribution in [0.15, 0.2) is 127 Å². The summed E-state index contributed by atoms with van der Waals surface area (Å²) in [6.07, 6.45) is 0. The minimum Gasteiger partial charge on any atom is -0.0616 e. The van der Waals surface area contributed by atoms with Gasteiger partial charge in [-0.15, -0.1) is 0 Å². The molecule has 182 valence electrons. The van der Waals surface area contributed by atoms with Gasteiger partial charge in [-0.05, 0) is 88.5 Å². The second-order valence-electron chi connectivity index (χ2n) is 11.4. The monoisotopic (exact) mass is 486 g/mol. The zero-order chi connectivity index (χ0) is 25.9. The zero-order valence-corrected chi connectivity index (χ0v) is 22.1. The van der Waals surface area contributed by atoms with Crippen molar-refractivity contribution in [3.63, 3.8) is 0 Å². The molecule has 0 heterocycles. The van der Waals surface area contributed by atoms with Crippen molar-refractivity contribution in [2.45, 2.75) is 26.2 Å². The fraction of sp³-hybridized carbons (Fsp3) is 0.105. The molecule has 0 aliphatic rings. The molecule has 0 fully saturated rings. The van der Waals surface area contributed by atoms with E-state index in [1.807, 2.05) is 0 Å². The summed E-state index contributed by atoms with van der Waals surface area (Å²) >= 11 is 0. The van der Waals surface area contributed by atoms with Crippen LogP contribution in [-0.2, 0) is 5.41 Å². The molecule has 0 aliphatic carbocycles. The molecule has 0 bridgehead atoms. The van der Waals surface area contributed by atoms with Crippen LogP contribution in [0.5, 0.6) is 0 Å². The molecular formula is C38H30. The summed E-state index contributed by atoms with van der Waals surface area (Å²) in [7, 11) is 0. The lowest BCUT2D eigenvalue weighted by Gasteiger charge is -2.27. The Labute approximate surface area is 224 Å². The normalized spacial score (nSPS) is 12.1. The van der Waals surface area contributed by atoms with Gasteiger partial charge in [0, 0.05) is 0 Å². The van der Waals surface area contributed by atoms with Gasteiger partial charge >= 0.3 is 0 Å². The minimum absolute atomic E-state index is 0.0167. The molecule has 38 heavy (non-hydrogen) atoms. The molecule has 0 heteroatoms. The first-order chi connectivity index (χ1) is 18.5. The third kappa shape index (κ3) is 3.60. The van der Waals surface area contributed by atoms with Crippen molar-refractivity contribution >= 4 is 43.1 Å². The van der Waals surface area contributed by atoms with E-state index in [1.54, 1.807) is 0 Å². The maximum atomic E-state index is 2.43. The highest BCUT2D eigenvalue weighted by Crippen LogP contribution is 2.46. The summed E-state index contributed by atoms with van der Waals surface area (Å²) in [6, 6.07) is 46.9. The van der Waals surface area contributed by atoms with Crippen LogP contribution in [0, 0.1) is 0 Å². The van der Waals surface area contributed by atoms with Gasteiger partial charge in [0.1, 0.15) is 0 Å². The molecule has 0 saturated heterocycles. The van der Waals surface area contributed by atoms with Crippen LogP contribution in [0.2, 0.25) is 0 Å². The van der Waals surface area contributed by atoms with Gasteiger partial charge < -0.3 is 0 Å².